The van der Waals surface area contributed by atoms with Gasteiger partial charge in [-0.3, -0.25) is 0 Å². The average molecular weight is 226 g/mol. The predicted octanol–water partition coefficient (Wildman–Crippen LogP) is 0.470. The van der Waals surface area contributed by atoms with E-state index < -0.39 is 6.09 Å². The van der Waals surface area contributed by atoms with Crippen molar-refractivity contribution in [2.24, 2.45) is 0 Å². The Bertz CT molecular complexity index is 334. The third-order valence-electron chi connectivity index (χ3n) is 3.41. The molecule has 0 atom stereocenters. The fourth-order valence-corrected chi connectivity index (χ4v) is 2.18. The molecule has 3 aliphatic rings. The van der Waals surface area contributed by atoms with Crippen LogP contribution in [0, 0.1) is 0 Å². The Morgan fingerprint density at radius 3 is 2.75 bits per heavy atom. The van der Waals surface area contributed by atoms with E-state index in [1.807, 2.05) is 0 Å². The van der Waals surface area contributed by atoms with Crippen LogP contribution in [0.3, 0.4) is 0 Å². The van der Waals surface area contributed by atoms with Gasteiger partial charge in [-0.15, -0.1) is 0 Å². The number of likely N-dealkylation sites (tertiary alicyclic amines) is 1. The molecule has 0 aromatic heterocycles. The van der Waals surface area contributed by atoms with E-state index in [2.05, 4.69) is 5.32 Å². The van der Waals surface area contributed by atoms with Gasteiger partial charge >= 0.3 is 12.2 Å². The quantitative estimate of drug-likeness (QED) is 0.705. The molecule has 0 bridgehead atoms. The van der Waals surface area contributed by atoms with E-state index in [1.54, 1.807) is 4.90 Å². The summed E-state index contributed by atoms with van der Waals surface area (Å²) in [6, 6.07) is 0. The first-order valence-corrected chi connectivity index (χ1v) is 5.57. The molecule has 1 N–H and O–H groups in total. The molecule has 88 valence electrons. The van der Waals surface area contributed by atoms with Crippen molar-refractivity contribution < 1.29 is 19.1 Å². The van der Waals surface area contributed by atoms with Crippen molar-refractivity contribution in [3.05, 3.63) is 0 Å². The van der Waals surface area contributed by atoms with Gasteiger partial charge in [0.25, 0.3) is 0 Å². The Kier molecular flexibility index (Phi) is 1.99. The number of hydrogen-bond donors (Lipinski definition) is 1. The van der Waals surface area contributed by atoms with E-state index >= 15 is 0 Å². The second kappa shape index (κ2) is 3.26. The van der Waals surface area contributed by atoms with Crippen LogP contribution in [-0.4, -0.2) is 48.4 Å². The van der Waals surface area contributed by atoms with Gasteiger partial charge < -0.3 is 19.7 Å². The first-order chi connectivity index (χ1) is 7.67. The summed E-state index contributed by atoms with van der Waals surface area (Å²) < 4.78 is 10.1. The number of amides is 2. The van der Waals surface area contributed by atoms with Gasteiger partial charge in [0.05, 0.1) is 13.1 Å². The molecule has 6 nitrogen and oxygen atoms in total. The van der Waals surface area contributed by atoms with E-state index in [9.17, 15) is 9.59 Å². The van der Waals surface area contributed by atoms with Crippen molar-refractivity contribution in [1.82, 2.24) is 10.2 Å². The number of nitrogens with zero attached hydrogens (tertiary/aromatic N) is 1. The Morgan fingerprint density at radius 1 is 1.50 bits per heavy atom. The van der Waals surface area contributed by atoms with Crippen LogP contribution in [0.5, 0.6) is 0 Å². The fourth-order valence-electron chi connectivity index (χ4n) is 2.18. The molecule has 2 amide bonds. The third-order valence-corrected chi connectivity index (χ3v) is 3.41. The third kappa shape index (κ3) is 1.48. The lowest BCUT2D eigenvalue weighted by molar-refractivity contribution is -0.0110. The maximum atomic E-state index is 11.6. The predicted molar refractivity (Wildman–Crippen MR) is 52.9 cm³/mol. The van der Waals surface area contributed by atoms with E-state index in [4.69, 9.17) is 9.47 Å². The van der Waals surface area contributed by atoms with E-state index in [1.165, 1.54) is 0 Å². The van der Waals surface area contributed by atoms with Crippen molar-refractivity contribution in [3.8, 4) is 0 Å². The zero-order valence-corrected chi connectivity index (χ0v) is 8.90. The first kappa shape index (κ1) is 9.74. The van der Waals surface area contributed by atoms with Gasteiger partial charge in [0, 0.05) is 0 Å². The summed E-state index contributed by atoms with van der Waals surface area (Å²) in [5.74, 6) is 0. The van der Waals surface area contributed by atoms with Gasteiger partial charge in [-0.2, -0.15) is 0 Å². The summed E-state index contributed by atoms with van der Waals surface area (Å²) in [7, 11) is 0. The molecule has 2 heterocycles. The summed E-state index contributed by atoms with van der Waals surface area (Å²) in [4.78, 5) is 24.1. The van der Waals surface area contributed by atoms with E-state index in [0.717, 1.165) is 19.3 Å². The molecule has 0 aromatic rings. The summed E-state index contributed by atoms with van der Waals surface area (Å²) in [5, 5.41) is 2.72. The molecule has 6 heteroatoms. The topological polar surface area (TPSA) is 67.9 Å². The summed E-state index contributed by atoms with van der Waals surface area (Å²) >= 11 is 0. The smallest absolute Gasteiger partial charge is 0.410 e. The number of cyclic esters (lactones) is 1. The lowest BCUT2D eigenvalue weighted by atomic mass is 9.92. The number of hydrogen-bond acceptors (Lipinski definition) is 4. The van der Waals surface area contributed by atoms with Crippen LogP contribution in [-0.2, 0) is 9.47 Å². The van der Waals surface area contributed by atoms with Gasteiger partial charge in [-0.25, -0.2) is 9.59 Å². The second-order valence-electron chi connectivity index (χ2n) is 4.77. The monoisotopic (exact) mass is 226 g/mol. The molecule has 1 aliphatic carbocycles. The van der Waals surface area contributed by atoms with Crippen LogP contribution in [0.4, 0.5) is 9.59 Å². The highest BCUT2D eigenvalue weighted by Crippen LogP contribution is 2.28. The number of carbonyl (C=O) groups is 2. The zero-order chi connectivity index (χ0) is 11.2. The molecule has 16 heavy (non-hydrogen) atoms. The van der Waals surface area contributed by atoms with Gasteiger partial charge in [0.2, 0.25) is 0 Å². The van der Waals surface area contributed by atoms with Crippen molar-refractivity contribution >= 4 is 12.2 Å². The van der Waals surface area contributed by atoms with Crippen LogP contribution >= 0.6 is 0 Å². The average Bonchev–Trinajstić information content (AvgIpc) is 2.51. The van der Waals surface area contributed by atoms with Crippen LogP contribution in [0.1, 0.15) is 19.3 Å². The molecule has 2 saturated heterocycles. The Morgan fingerprint density at radius 2 is 2.25 bits per heavy atom. The number of ether oxygens (including phenoxy) is 2. The Labute approximate surface area is 92.9 Å². The van der Waals surface area contributed by atoms with Crippen molar-refractivity contribution in [2.45, 2.75) is 30.9 Å². The second-order valence-corrected chi connectivity index (χ2v) is 4.77. The van der Waals surface area contributed by atoms with Crippen molar-refractivity contribution in [1.29, 1.82) is 0 Å². The number of carbonyl (C=O) groups excluding carboxylic acids is 2. The minimum atomic E-state index is -0.396. The van der Waals surface area contributed by atoms with Crippen LogP contribution in [0.15, 0.2) is 0 Å². The summed E-state index contributed by atoms with van der Waals surface area (Å²) in [6.45, 7) is 1.33. The first-order valence-electron chi connectivity index (χ1n) is 5.57. The molecular formula is C10H14N2O4. The number of rotatable bonds is 1. The highest BCUT2D eigenvalue weighted by Gasteiger charge is 2.52. The van der Waals surface area contributed by atoms with Gasteiger partial charge in [0.1, 0.15) is 18.2 Å². The lowest BCUT2D eigenvalue weighted by Gasteiger charge is -2.45. The Hall–Kier alpha value is -1.46. The van der Waals surface area contributed by atoms with E-state index in [0.29, 0.717) is 19.7 Å². The zero-order valence-electron chi connectivity index (χ0n) is 8.90. The molecule has 2 aliphatic heterocycles. The SMILES string of the molecule is O=C1NC2(CO1)CN(C(=O)OC1CCC1)C2. The van der Waals surface area contributed by atoms with Gasteiger partial charge in [-0.1, -0.05) is 0 Å². The molecular weight excluding hydrogens is 212 g/mol. The molecule has 3 rings (SSSR count). The highest BCUT2D eigenvalue weighted by atomic mass is 16.6. The van der Waals surface area contributed by atoms with E-state index in [-0.39, 0.29) is 17.7 Å². The molecule has 0 radical (unpaired) electrons. The van der Waals surface area contributed by atoms with Crippen LogP contribution in [0.25, 0.3) is 0 Å². The largest absolute Gasteiger partial charge is 0.447 e. The number of nitrogens with one attached hydrogen (secondary N) is 1. The lowest BCUT2D eigenvalue weighted by Crippen LogP contribution is -2.70. The van der Waals surface area contributed by atoms with Gasteiger partial charge in [-0.05, 0) is 19.3 Å². The molecule has 1 spiro atoms. The standard InChI is InChI=1S/C10H14N2O4/c13-8-11-10(6-15-8)4-12(5-10)9(14)16-7-2-1-3-7/h7H,1-6H2,(H,11,13). The van der Waals surface area contributed by atoms with Crippen molar-refractivity contribution in [3.63, 3.8) is 0 Å². The Balaban J connectivity index is 1.48. The van der Waals surface area contributed by atoms with Crippen LogP contribution in [0.2, 0.25) is 0 Å². The fraction of sp³-hybridized carbons (Fsp3) is 0.800. The van der Waals surface area contributed by atoms with Crippen LogP contribution < -0.4 is 5.32 Å². The summed E-state index contributed by atoms with van der Waals surface area (Å²) in [5.41, 5.74) is -0.351. The maximum absolute atomic E-state index is 11.6. The van der Waals surface area contributed by atoms with Crippen molar-refractivity contribution in [2.75, 3.05) is 19.7 Å². The minimum absolute atomic E-state index is 0.110. The number of alkyl carbamates (subject to hydrolysis) is 1. The van der Waals surface area contributed by atoms with Gasteiger partial charge in [0.15, 0.2) is 0 Å². The highest BCUT2D eigenvalue weighted by molar-refractivity contribution is 5.74. The molecule has 0 aromatic carbocycles. The summed E-state index contributed by atoms with van der Waals surface area (Å²) in [6.07, 6.45) is 2.54. The normalized spacial score (nSPS) is 26.8. The molecule has 0 unspecified atom stereocenters. The minimum Gasteiger partial charge on any atom is -0.447 e. The maximum Gasteiger partial charge on any atom is 0.410 e. The molecule has 3 fully saturated rings. The molecule has 1 saturated carbocycles.